The largest absolute Gasteiger partial charge is 0.505 e. The number of aromatic nitrogens is 2. The highest BCUT2D eigenvalue weighted by atomic mass is 35.5. The Labute approximate surface area is 170 Å². The molecule has 29 heavy (non-hydrogen) atoms. The molecule has 0 amide bonds. The van der Waals surface area contributed by atoms with Gasteiger partial charge in [-0.2, -0.15) is 0 Å². The third-order valence-corrected chi connectivity index (χ3v) is 4.89. The van der Waals surface area contributed by atoms with Gasteiger partial charge >= 0.3 is 0 Å². The monoisotopic (exact) mass is 407 g/mol. The number of nitrogens with one attached hydrogen (secondary N) is 2. The van der Waals surface area contributed by atoms with Gasteiger partial charge in [-0.3, -0.25) is 20.4 Å². The molecule has 0 bridgehead atoms. The number of H-pyrrole nitrogens is 1. The van der Waals surface area contributed by atoms with E-state index >= 15 is 0 Å². The molecule has 144 valence electrons. The van der Waals surface area contributed by atoms with E-state index in [9.17, 15) is 15.2 Å². The average molecular weight is 408 g/mol. The van der Waals surface area contributed by atoms with Gasteiger partial charge in [0.05, 0.1) is 16.1 Å². The van der Waals surface area contributed by atoms with E-state index < -0.39 is 11.0 Å². The van der Waals surface area contributed by atoms with Crippen LogP contribution in [0.3, 0.4) is 0 Å². The van der Waals surface area contributed by atoms with Crippen molar-refractivity contribution in [1.82, 2.24) is 4.98 Å². The topological polar surface area (TPSA) is 102 Å². The van der Waals surface area contributed by atoms with Crippen molar-refractivity contribution in [3.05, 3.63) is 99.3 Å². The first kappa shape index (κ1) is 18.6. The Balaban J connectivity index is 1.91. The average Bonchev–Trinajstić information content (AvgIpc) is 2.75. The molecule has 2 heterocycles. The molecule has 0 saturated heterocycles. The Morgan fingerprint density at radius 1 is 1.14 bits per heavy atom. The molecule has 0 spiro atoms. The number of phenolic OH excluding ortho intramolecular Hbond substituents is 1. The Kier molecular flexibility index (Phi) is 4.97. The molecule has 0 aliphatic heterocycles. The minimum absolute atomic E-state index is 0.0371. The van der Waals surface area contributed by atoms with Crippen molar-refractivity contribution in [1.29, 1.82) is 0 Å². The summed E-state index contributed by atoms with van der Waals surface area (Å²) in [5, 5.41) is 26.6. The number of hydrogen-bond acceptors (Lipinski definition) is 5. The van der Waals surface area contributed by atoms with Crippen LogP contribution in [0.1, 0.15) is 17.2 Å². The third-order valence-electron chi connectivity index (χ3n) is 4.58. The van der Waals surface area contributed by atoms with Crippen LogP contribution in [-0.4, -0.2) is 15.0 Å². The number of aromatic amines is 1. The molecule has 2 aromatic carbocycles. The van der Waals surface area contributed by atoms with Gasteiger partial charge in [0.15, 0.2) is 0 Å². The zero-order valence-electron chi connectivity index (χ0n) is 15.0. The van der Waals surface area contributed by atoms with E-state index in [1.54, 1.807) is 42.7 Å². The molecule has 3 N–H and O–H groups in total. The predicted octanol–water partition coefficient (Wildman–Crippen LogP) is 4.52. The van der Waals surface area contributed by atoms with Crippen molar-refractivity contribution < 1.29 is 15.0 Å². The van der Waals surface area contributed by atoms with Gasteiger partial charge in [-0.15, -0.1) is 0 Å². The van der Waals surface area contributed by atoms with Crippen LogP contribution < -0.4 is 10.3 Å². The van der Waals surface area contributed by atoms with E-state index in [-0.39, 0.29) is 11.4 Å². The maximum Gasteiger partial charge on any atom is 0.272 e. The summed E-state index contributed by atoms with van der Waals surface area (Å²) in [5.41, 5.74) is 1.37. The van der Waals surface area contributed by atoms with Crippen LogP contribution >= 0.6 is 11.6 Å². The lowest BCUT2D eigenvalue weighted by molar-refractivity contribution is -0.384. The molecule has 0 saturated carbocycles. The van der Waals surface area contributed by atoms with Crippen molar-refractivity contribution in [3.63, 3.8) is 0 Å². The van der Waals surface area contributed by atoms with Crippen molar-refractivity contribution in [3.8, 4) is 5.75 Å². The zero-order chi connectivity index (χ0) is 20.4. The number of benzene rings is 2. The standard InChI is InChI=1S/C21H15ClN4O3/c22-17-12-16(21(27)20-15(17)7-4-10-24-20)19(25-18-8-1-2-9-23-18)13-5-3-6-14(11-13)26(28)29/h1-12,19,27H,(H,23,25)/p+1/t19-/m0/s1. The van der Waals surface area contributed by atoms with Crippen LogP contribution in [0.2, 0.25) is 5.02 Å². The third kappa shape index (κ3) is 3.68. The smallest absolute Gasteiger partial charge is 0.272 e. The molecule has 0 radical (unpaired) electrons. The maximum absolute atomic E-state index is 11.3. The summed E-state index contributed by atoms with van der Waals surface area (Å²) < 4.78 is 0. The van der Waals surface area contributed by atoms with Gasteiger partial charge in [0, 0.05) is 40.9 Å². The van der Waals surface area contributed by atoms with Crippen molar-refractivity contribution >= 4 is 34.0 Å². The van der Waals surface area contributed by atoms with Crippen LogP contribution in [-0.2, 0) is 0 Å². The number of nitrogens with zero attached hydrogens (tertiary/aromatic N) is 2. The van der Waals surface area contributed by atoms with Crippen LogP contribution in [0.25, 0.3) is 10.9 Å². The van der Waals surface area contributed by atoms with E-state index in [0.29, 0.717) is 32.9 Å². The minimum Gasteiger partial charge on any atom is -0.505 e. The van der Waals surface area contributed by atoms with Gasteiger partial charge in [-0.1, -0.05) is 29.8 Å². The summed E-state index contributed by atoms with van der Waals surface area (Å²) in [6.45, 7) is 0. The quantitative estimate of drug-likeness (QED) is 0.374. The number of fused-ring (bicyclic) bond motifs is 1. The van der Waals surface area contributed by atoms with Crippen LogP contribution in [0.5, 0.6) is 5.75 Å². The SMILES string of the molecule is O=[N+]([O-])c1cccc([C@H](Nc2cccc[nH+]2)c2cc(Cl)c3cccnc3c2O)c1. The van der Waals surface area contributed by atoms with Crippen molar-refractivity contribution in [2.45, 2.75) is 6.04 Å². The highest BCUT2D eigenvalue weighted by molar-refractivity contribution is 6.35. The van der Waals surface area contributed by atoms with E-state index in [0.717, 1.165) is 0 Å². The van der Waals surface area contributed by atoms with Crippen LogP contribution in [0, 0.1) is 10.1 Å². The van der Waals surface area contributed by atoms with Gasteiger partial charge in [0.2, 0.25) is 0 Å². The molecule has 7 nitrogen and oxygen atoms in total. The van der Waals surface area contributed by atoms with Gasteiger partial charge in [-0.25, -0.2) is 4.98 Å². The lowest BCUT2D eigenvalue weighted by Crippen LogP contribution is -2.19. The van der Waals surface area contributed by atoms with Crippen molar-refractivity contribution in [2.24, 2.45) is 0 Å². The summed E-state index contributed by atoms with van der Waals surface area (Å²) in [6, 6.07) is 16.3. The van der Waals surface area contributed by atoms with Crippen LogP contribution in [0.4, 0.5) is 11.5 Å². The number of non-ortho nitro benzene ring substituents is 1. The van der Waals surface area contributed by atoms with E-state index in [4.69, 9.17) is 11.6 Å². The Morgan fingerprint density at radius 3 is 2.76 bits per heavy atom. The Hall–Kier alpha value is -3.71. The molecule has 0 aliphatic carbocycles. The number of phenols is 1. The molecule has 1 atom stereocenters. The summed E-state index contributed by atoms with van der Waals surface area (Å²) in [4.78, 5) is 18.1. The molecule has 0 unspecified atom stereocenters. The highest BCUT2D eigenvalue weighted by Crippen LogP contribution is 2.39. The van der Waals surface area contributed by atoms with Gasteiger partial charge < -0.3 is 5.11 Å². The summed E-state index contributed by atoms with van der Waals surface area (Å²) in [7, 11) is 0. The maximum atomic E-state index is 11.3. The molecule has 0 fully saturated rings. The first-order valence-electron chi connectivity index (χ1n) is 8.78. The molecule has 8 heteroatoms. The molecule has 4 aromatic rings. The second-order valence-corrected chi connectivity index (χ2v) is 6.81. The highest BCUT2D eigenvalue weighted by Gasteiger charge is 2.26. The molecule has 2 aromatic heterocycles. The number of anilines is 1. The van der Waals surface area contributed by atoms with E-state index in [2.05, 4.69) is 15.3 Å². The van der Waals surface area contributed by atoms with E-state index in [1.807, 2.05) is 18.2 Å². The number of halogens is 1. The fraction of sp³-hybridized carbons (Fsp3) is 0.0476. The lowest BCUT2D eigenvalue weighted by atomic mass is 9.95. The summed E-state index contributed by atoms with van der Waals surface area (Å²) in [5.74, 6) is 0.630. The number of hydrogen-bond donors (Lipinski definition) is 2. The Morgan fingerprint density at radius 2 is 2.00 bits per heavy atom. The summed E-state index contributed by atoms with van der Waals surface area (Å²) in [6.07, 6.45) is 3.32. The first-order valence-corrected chi connectivity index (χ1v) is 9.16. The number of aromatic hydroxyl groups is 1. The van der Waals surface area contributed by atoms with Gasteiger partial charge in [0.25, 0.3) is 11.5 Å². The second-order valence-electron chi connectivity index (χ2n) is 6.40. The number of rotatable bonds is 5. The molecule has 4 rings (SSSR count). The predicted molar refractivity (Wildman–Crippen MR) is 110 cm³/mol. The number of pyridine rings is 2. The normalized spacial score (nSPS) is 11.9. The number of nitro groups is 1. The molecule has 0 aliphatic rings. The summed E-state index contributed by atoms with van der Waals surface area (Å²) >= 11 is 6.46. The minimum atomic E-state index is -0.613. The fourth-order valence-electron chi connectivity index (χ4n) is 3.22. The van der Waals surface area contributed by atoms with Gasteiger partial charge in [-0.05, 0) is 24.3 Å². The van der Waals surface area contributed by atoms with E-state index in [1.165, 1.54) is 12.1 Å². The lowest BCUT2D eigenvalue weighted by Gasteiger charge is -2.18. The number of nitro benzene ring substituents is 1. The first-order chi connectivity index (χ1) is 14.0. The fourth-order valence-corrected chi connectivity index (χ4v) is 3.49. The van der Waals surface area contributed by atoms with Crippen LogP contribution in [0.15, 0.2) is 73.1 Å². The van der Waals surface area contributed by atoms with Gasteiger partial charge in [0.1, 0.15) is 17.3 Å². The van der Waals surface area contributed by atoms with Crippen molar-refractivity contribution in [2.75, 3.05) is 5.32 Å². The zero-order valence-corrected chi connectivity index (χ0v) is 15.8. The molecular formula is C21H16ClN4O3+. The molecular weight excluding hydrogens is 392 g/mol. The Bertz CT molecular complexity index is 1200. The second kappa shape index (κ2) is 7.73.